The van der Waals surface area contributed by atoms with Gasteiger partial charge in [-0.1, -0.05) is 0 Å². The minimum Gasteiger partial charge on any atom is -0.490 e. The van der Waals surface area contributed by atoms with E-state index in [1.807, 2.05) is 0 Å². The van der Waals surface area contributed by atoms with Gasteiger partial charge in [0.15, 0.2) is 16.6 Å². The molecule has 0 spiro atoms. The first-order valence-corrected chi connectivity index (χ1v) is 6.31. The summed E-state index contributed by atoms with van der Waals surface area (Å²) in [6, 6.07) is 0.0745. The van der Waals surface area contributed by atoms with Crippen LogP contribution in [0.4, 0.5) is 15.6 Å². The molecule has 1 aliphatic heterocycles. The Bertz CT molecular complexity index is 437. The number of amides is 1. The third-order valence-electron chi connectivity index (χ3n) is 2.84. The number of carbonyl (C=O) groups excluding carboxylic acids is 1. The number of anilines is 2. The molecule has 1 amide bonds. The number of aromatic nitrogens is 1. The van der Waals surface area contributed by atoms with Crippen LogP contribution in [0.25, 0.3) is 0 Å². The number of hydrogen-bond acceptors (Lipinski definition) is 7. The number of methoxy groups -OCH3 is 2. The second-order valence-corrected chi connectivity index (χ2v) is 4.73. The molecule has 0 aromatic carbocycles. The molecule has 1 atom stereocenters. The van der Waals surface area contributed by atoms with Crippen LogP contribution in [0.5, 0.6) is 5.75 Å². The van der Waals surface area contributed by atoms with E-state index in [4.69, 9.17) is 10.5 Å². The summed E-state index contributed by atoms with van der Waals surface area (Å²) in [5.74, 6) is 1.01. The summed E-state index contributed by atoms with van der Waals surface area (Å²) in [4.78, 5) is 13.2. The fourth-order valence-corrected chi connectivity index (χ4v) is 2.79. The molecule has 3 N–H and O–H groups in total. The molecule has 8 heteroatoms. The molecule has 2 rings (SSSR count). The number of ether oxygens (including phenoxy) is 2. The molecule has 18 heavy (non-hydrogen) atoms. The molecule has 0 saturated carbocycles. The zero-order chi connectivity index (χ0) is 13.1. The quantitative estimate of drug-likeness (QED) is 0.840. The highest BCUT2D eigenvalue weighted by Gasteiger charge is 2.28. The van der Waals surface area contributed by atoms with E-state index in [9.17, 15) is 4.79 Å². The zero-order valence-corrected chi connectivity index (χ0v) is 11.1. The van der Waals surface area contributed by atoms with Crippen LogP contribution in [-0.2, 0) is 4.74 Å². The third-order valence-corrected chi connectivity index (χ3v) is 3.75. The molecular formula is C10H16N4O3S. The summed E-state index contributed by atoms with van der Waals surface area (Å²) in [5.41, 5.74) is 5.71. The van der Waals surface area contributed by atoms with E-state index in [2.05, 4.69) is 19.3 Å². The van der Waals surface area contributed by atoms with E-state index in [0.29, 0.717) is 18.1 Å². The van der Waals surface area contributed by atoms with Gasteiger partial charge in [-0.15, -0.1) is 0 Å². The minimum absolute atomic E-state index is 0.0745. The van der Waals surface area contributed by atoms with Gasteiger partial charge in [0, 0.05) is 13.1 Å². The van der Waals surface area contributed by atoms with Gasteiger partial charge in [0.2, 0.25) is 0 Å². The fourth-order valence-electron chi connectivity index (χ4n) is 1.97. The van der Waals surface area contributed by atoms with Gasteiger partial charge in [0.25, 0.3) is 0 Å². The molecule has 0 bridgehead atoms. The smallest absolute Gasteiger partial charge is 0.407 e. The molecule has 7 nitrogen and oxygen atoms in total. The summed E-state index contributed by atoms with van der Waals surface area (Å²) in [6.07, 6.45) is 0.452. The van der Waals surface area contributed by atoms with Crippen LogP contribution in [0, 0.1) is 0 Å². The Labute approximate surface area is 109 Å². The van der Waals surface area contributed by atoms with Crippen molar-refractivity contribution in [1.29, 1.82) is 0 Å². The molecule has 1 aromatic heterocycles. The molecule has 1 saturated heterocycles. The van der Waals surface area contributed by atoms with Crippen LogP contribution in [0.2, 0.25) is 0 Å². The van der Waals surface area contributed by atoms with E-state index in [-0.39, 0.29) is 6.04 Å². The van der Waals surface area contributed by atoms with Crippen LogP contribution in [0.15, 0.2) is 0 Å². The van der Waals surface area contributed by atoms with Crippen molar-refractivity contribution in [2.45, 2.75) is 12.5 Å². The Morgan fingerprint density at radius 2 is 2.39 bits per heavy atom. The Hall–Kier alpha value is -1.70. The standard InChI is InChI=1S/C10H16N4O3S/c1-16-7-8(11)13-18-9(7)14-4-3-6(5-14)12-10(15)17-2/h6H,3-5H2,1-2H3,(H2,11,13)(H,12,15). The molecule has 1 unspecified atom stereocenters. The van der Waals surface area contributed by atoms with Crippen LogP contribution in [0.3, 0.4) is 0 Å². The molecule has 1 fully saturated rings. The van der Waals surface area contributed by atoms with Crippen molar-refractivity contribution in [3.8, 4) is 5.75 Å². The van der Waals surface area contributed by atoms with Gasteiger partial charge in [-0.3, -0.25) is 0 Å². The van der Waals surface area contributed by atoms with Crippen molar-refractivity contribution in [2.75, 3.05) is 37.9 Å². The normalized spacial score (nSPS) is 18.8. The van der Waals surface area contributed by atoms with Gasteiger partial charge < -0.3 is 25.4 Å². The van der Waals surface area contributed by atoms with E-state index in [1.54, 1.807) is 7.11 Å². The molecule has 1 aromatic rings. The predicted molar refractivity (Wildman–Crippen MR) is 69.2 cm³/mol. The topological polar surface area (TPSA) is 89.7 Å². The summed E-state index contributed by atoms with van der Waals surface area (Å²) in [5, 5.41) is 3.69. The maximum Gasteiger partial charge on any atom is 0.407 e. The monoisotopic (exact) mass is 272 g/mol. The lowest BCUT2D eigenvalue weighted by molar-refractivity contribution is 0.167. The number of rotatable bonds is 3. The zero-order valence-electron chi connectivity index (χ0n) is 10.3. The van der Waals surface area contributed by atoms with E-state index >= 15 is 0 Å². The van der Waals surface area contributed by atoms with Crippen molar-refractivity contribution < 1.29 is 14.3 Å². The number of nitrogens with zero attached hydrogens (tertiary/aromatic N) is 2. The summed E-state index contributed by atoms with van der Waals surface area (Å²) in [6.45, 7) is 1.53. The first-order chi connectivity index (χ1) is 8.65. The fraction of sp³-hybridized carbons (Fsp3) is 0.600. The Kier molecular flexibility index (Phi) is 3.75. The third kappa shape index (κ3) is 2.42. The van der Waals surface area contributed by atoms with Crippen LogP contribution in [0.1, 0.15) is 6.42 Å². The number of nitrogen functional groups attached to an aromatic ring is 1. The highest BCUT2D eigenvalue weighted by molar-refractivity contribution is 7.11. The second-order valence-electron chi connectivity index (χ2n) is 3.97. The lowest BCUT2D eigenvalue weighted by Gasteiger charge is -2.17. The van der Waals surface area contributed by atoms with Crippen LogP contribution >= 0.6 is 11.5 Å². The number of nitrogens with two attached hydrogens (primary N) is 1. The average molecular weight is 272 g/mol. The Balaban J connectivity index is 2.02. The molecule has 100 valence electrons. The van der Waals surface area contributed by atoms with Gasteiger partial charge in [-0.2, -0.15) is 4.37 Å². The minimum atomic E-state index is -0.405. The van der Waals surface area contributed by atoms with E-state index in [0.717, 1.165) is 18.0 Å². The van der Waals surface area contributed by atoms with Crippen molar-refractivity contribution in [2.24, 2.45) is 0 Å². The Morgan fingerprint density at radius 3 is 3.06 bits per heavy atom. The largest absolute Gasteiger partial charge is 0.490 e. The van der Waals surface area contributed by atoms with Gasteiger partial charge >= 0.3 is 6.09 Å². The number of hydrogen-bond donors (Lipinski definition) is 2. The molecule has 2 heterocycles. The van der Waals surface area contributed by atoms with Gasteiger partial charge in [-0.25, -0.2) is 4.79 Å². The number of nitrogens with one attached hydrogen (secondary N) is 1. The summed E-state index contributed by atoms with van der Waals surface area (Å²) >= 11 is 1.31. The van der Waals surface area contributed by atoms with Gasteiger partial charge in [0.05, 0.1) is 20.3 Å². The SMILES string of the molecule is COC(=O)NC1CCN(c2snc(N)c2OC)C1. The summed E-state index contributed by atoms with van der Waals surface area (Å²) < 4.78 is 13.9. The first kappa shape index (κ1) is 12.7. The molecule has 1 aliphatic rings. The molecular weight excluding hydrogens is 256 g/mol. The maximum absolute atomic E-state index is 11.1. The predicted octanol–water partition coefficient (Wildman–Crippen LogP) is 0.669. The van der Waals surface area contributed by atoms with Crippen LogP contribution in [-0.4, -0.2) is 43.8 Å². The van der Waals surface area contributed by atoms with Gasteiger partial charge in [0.1, 0.15) is 0 Å². The highest BCUT2D eigenvalue weighted by Crippen LogP contribution is 2.39. The highest BCUT2D eigenvalue weighted by atomic mass is 32.1. The van der Waals surface area contributed by atoms with Crippen molar-refractivity contribution in [3.63, 3.8) is 0 Å². The lowest BCUT2D eigenvalue weighted by Crippen LogP contribution is -2.36. The van der Waals surface area contributed by atoms with E-state index < -0.39 is 6.09 Å². The second kappa shape index (κ2) is 5.30. The summed E-state index contributed by atoms with van der Waals surface area (Å²) in [7, 11) is 2.93. The Morgan fingerprint density at radius 1 is 1.61 bits per heavy atom. The average Bonchev–Trinajstić information content (AvgIpc) is 2.95. The first-order valence-electron chi connectivity index (χ1n) is 5.54. The maximum atomic E-state index is 11.1. The van der Waals surface area contributed by atoms with Crippen molar-refractivity contribution in [1.82, 2.24) is 9.69 Å². The number of carbonyl (C=O) groups is 1. The van der Waals surface area contributed by atoms with Crippen molar-refractivity contribution in [3.05, 3.63) is 0 Å². The number of alkyl carbamates (subject to hydrolysis) is 1. The molecule has 0 aliphatic carbocycles. The lowest BCUT2D eigenvalue weighted by atomic mass is 10.3. The van der Waals surface area contributed by atoms with Crippen molar-refractivity contribution >= 4 is 28.4 Å². The van der Waals surface area contributed by atoms with Gasteiger partial charge in [-0.05, 0) is 18.0 Å². The molecule has 0 radical (unpaired) electrons. The van der Waals surface area contributed by atoms with E-state index in [1.165, 1.54) is 18.6 Å². The van der Waals surface area contributed by atoms with Crippen LogP contribution < -0.4 is 20.7 Å².